The molecule has 1 rings (SSSR count). The number of nitrogens with zero attached hydrogens (tertiary/aromatic N) is 1. The molecule has 0 unspecified atom stereocenters. The summed E-state index contributed by atoms with van der Waals surface area (Å²) in [6, 6.07) is 4.77. The van der Waals surface area contributed by atoms with Crippen LogP contribution in [0.5, 0.6) is 0 Å². The van der Waals surface area contributed by atoms with Gasteiger partial charge >= 0.3 is 0 Å². The van der Waals surface area contributed by atoms with E-state index in [-0.39, 0.29) is 10.6 Å². The van der Waals surface area contributed by atoms with Gasteiger partial charge in [0, 0.05) is 23.2 Å². The van der Waals surface area contributed by atoms with Crippen molar-refractivity contribution in [3.63, 3.8) is 0 Å². The summed E-state index contributed by atoms with van der Waals surface area (Å²) >= 11 is 3.39. The summed E-state index contributed by atoms with van der Waals surface area (Å²) in [5.74, 6) is 0. The molecule has 1 N–H and O–H groups in total. The van der Waals surface area contributed by atoms with E-state index in [4.69, 9.17) is 0 Å². The van der Waals surface area contributed by atoms with Gasteiger partial charge in [-0.3, -0.25) is 10.1 Å². The van der Waals surface area contributed by atoms with Gasteiger partial charge in [0.25, 0.3) is 5.69 Å². The Labute approximate surface area is 116 Å². The number of nitro benzene ring substituents is 1. The maximum atomic E-state index is 10.7. The number of halogens is 1. The van der Waals surface area contributed by atoms with Gasteiger partial charge in [0.15, 0.2) is 0 Å². The van der Waals surface area contributed by atoms with Crippen LogP contribution in [0.15, 0.2) is 22.7 Å². The van der Waals surface area contributed by atoms with Gasteiger partial charge in [-0.1, -0.05) is 32.6 Å². The minimum atomic E-state index is -0.376. The molecule has 0 atom stereocenters. The van der Waals surface area contributed by atoms with Crippen molar-refractivity contribution in [1.82, 2.24) is 0 Å². The van der Waals surface area contributed by atoms with Gasteiger partial charge in [0.05, 0.1) is 10.6 Å². The van der Waals surface area contributed by atoms with Crippen molar-refractivity contribution < 1.29 is 4.92 Å². The van der Waals surface area contributed by atoms with Crippen molar-refractivity contribution in [2.75, 3.05) is 11.9 Å². The second-order valence-electron chi connectivity index (χ2n) is 4.26. The molecule has 0 aliphatic heterocycles. The number of unbranched alkanes of at least 4 members (excludes halogenated alkanes) is 4. The Morgan fingerprint density at radius 1 is 1.28 bits per heavy atom. The topological polar surface area (TPSA) is 55.2 Å². The molecule has 0 aromatic heterocycles. The van der Waals surface area contributed by atoms with Gasteiger partial charge in [-0.05, 0) is 28.4 Å². The summed E-state index contributed by atoms with van der Waals surface area (Å²) in [5, 5.41) is 13.9. The summed E-state index contributed by atoms with van der Waals surface area (Å²) in [5.41, 5.74) is 0.909. The molecule has 0 amide bonds. The van der Waals surface area contributed by atoms with Gasteiger partial charge < -0.3 is 5.32 Å². The fourth-order valence-corrected chi connectivity index (χ4v) is 2.10. The lowest BCUT2D eigenvalue weighted by Crippen LogP contribution is -2.02. The molecule has 0 bridgehead atoms. The van der Waals surface area contributed by atoms with Gasteiger partial charge in [-0.2, -0.15) is 0 Å². The van der Waals surface area contributed by atoms with E-state index in [9.17, 15) is 10.1 Å². The van der Waals surface area contributed by atoms with Crippen LogP contribution in [0.3, 0.4) is 0 Å². The molecule has 0 spiro atoms. The van der Waals surface area contributed by atoms with Crippen LogP contribution in [-0.4, -0.2) is 11.5 Å². The lowest BCUT2D eigenvalue weighted by Gasteiger charge is -2.08. The second-order valence-corrected chi connectivity index (χ2v) is 5.12. The lowest BCUT2D eigenvalue weighted by molar-refractivity contribution is -0.384. The molecule has 5 heteroatoms. The van der Waals surface area contributed by atoms with E-state index in [1.165, 1.54) is 31.7 Å². The van der Waals surface area contributed by atoms with Crippen LogP contribution < -0.4 is 5.32 Å². The highest BCUT2D eigenvalue weighted by atomic mass is 79.9. The molecule has 100 valence electrons. The summed E-state index contributed by atoms with van der Waals surface area (Å²) in [6.07, 6.45) is 6.07. The highest BCUT2D eigenvalue weighted by Crippen LogP contribution is 2.27. The molecule has 0 aliphatic carbocycles. The third-order valence-corrected chi connectivity index (χ3v) is 3.45. The first kappa shape index (κ1) is 15.0. The third kappa shape index (κ3) is 5.04. The predicted molar refractivity (Wildman–Crippen MR) is 78.0 cm³/mol. The lowest BCUT2D eigenvalue weighted by atomic mass is 10.1. The first-order valence-corrected chi connectivity index (χ1v) is 7.12. The van der Waals surface area contributed by atoms with Gasteiger partial charge in [-0.25, -0.2) is 0 Å². The van der Waals surface area contributed by atoms with Crippen molar-refractivity contribution in [2.45, 2.75) is 39.0 Å². The number of rotatable bonds is 8. The quantitative estimate of drug-likeness (QED) is 0.428. The minimum Gasteiger partial charge on any atom is -0.384 e. The monoisotopic (exact) mass is 314 g/mol. The van der Waals surface area contributed by atoms with Crippen molar-refractivity contribution in [3.05, 3.63) is 32.8 Å². The Kier molecular flexibility index (Phi) is 6.72. The number of benzene rings is 1. The number of hydrogen-bond acceptors (Lipinski definition) is 3. The first-order chi connectivity index (χ1) is 8.65. The van der Waals surface area contributed by atoms with Crippen molar-refractivity contribution in [2.24, 2.45) is 0 Å². The summed E-state index contributed by atoms with van der Waals surface area (Å²) in [6.45, 7) is 3.04. The summed E-state index contributed by atoms with van der Waals surface area (Å²) in [7, 11) is 0. The molecule has 1 aromatic rings. The fourth-order valence-electron chi connectivity index (χ4n) is 1.71. The zero-order chi connectivity index (χ0) is 13.4. The number of nitrogens with one attached hydrogen (secondary N) is 1. The van der Waals surface area contributed by atoms with Crippen LogP contribution >= 0.6 is 15.9 Å². The fraction of sp³-hybridized carbons (Fsp3) is 0.538. The zero-order valence-electron chi connectivity index (χ0n) is 10.6. The van der Waals surface area contributed by atoms with E-state index in [0.717, 1.165) is 23.1 Å². The van der Waals surface area contributed by atoms with E-state index in [1.54, 1.807) is 12.1 Å². The van der Waals surface area contributed by atoms with Gasteiger partial charge in [-0.15, -0.1) is 0 Å². The second kappa shape index (κ2) is 8.08. The Balaban J connectivity index is 2.41. The molecule has 0 aliphatic rings. The van der Waals surface area contributed by atoms with Gasteiger partial charge in [0.1, 0.15) is 0 Å². The summed E-state index contributed by atoms with van der Waals surface area (Å²) in [4.78, 5) is 10.3. The standard InChI is InChI=1S/C13H19BrN2O2/c1-2-3-4-5-6-9-15-13-10-11(16(17)18)7-8-12(13)14/h7-8,10,15H,2-6,9H2,1H3. The average Bonchev–Trinajstić information content (AvgIpc) is 2.35. The van der Waals surface area contributed by atoms with E-state index < -0.39 is 0 Å². The number of hydrogen-bond donors (Lipinski definition) is 1. The van der Waals surface area contributed by atoms with Crippen molar-refractivity contribution >= 4 is 27.3 Å². The number of anilines is 1. The molecule has 0 saturated carbocycles. The summed E-state index contributed by atoms with van der Waals surface area (Å²) < 4.78 is 0.863. The maximum Gasteiger partial charge on any atom is 0.271 e. The molecular weight excluding hydrogens is 296 g/mol. The molecule has 0 fully saturated rings. The molecule has 0 radical (unpaired) electrons. The molecule has 1 aromatic carbocycles. The van der Waals surface area contributed by atoms with Crippen LogP contribution in [0.2, 0.25) is 0 Å². The smallest absolute Gasteiger partial charge is 0.271 e. The maximum absolute atomic E-state index is 10.7. The molecular formula is C13H19BrN2O2. The van der Waals surface area contributed by atoms with Crippen molar-refractivity contribution in [3.8, 4) is 0 Å². The van der Waals surface area contributed by atoms with Crippen LogP contribution in [0.1, 0.15) is 39.0 Å². The molecule has 0 heterocycles. The Morgan fingerprint density at radius 3 is 2.67 bits per heavy atom. The van der Waals surface area contributed by atoms with E-state index in [1.807, 2.05) is 0 Å². The van der Waals surface area contributed by atoms with Crippen molar-refractivity contribution in [1.29, 1.82) is 0 Å². The SMILES string of the molecule is CCCCCCCNc1cc([N+](=O)[O-])ccc1Br. The number of non-ortho nitro benzene ring substituents is 1. The van der Waals surface area contributed by atoms with Crippen LogP contribution in [-0.2, 0) is 0 Å². The van der Waals surface area contributed by atoms with Crippen LogP contribution in [0, 0.1) is 10.1 Å². The van der Waals surface area contributed by atoms with Crippen LogP contribution in [0.4, 0.5) is 11.4 Å². The predicted octanol–water partition coefficient (Wildman–Crippen LogP) is 4.74. The molecule has 0 saturated heterocycles. The molecule has 4 nitrogen and oxygen atoms in total. The number of nitro groups is 1. The molecule has 18 heavy (non-hydrogen) atoms. The van der Waals surface area contributed by atoms with Crippen LogP contribution in [0.25, 0.3) is 0 Å². The Bertz CT molecular complexity index is 397. The highest BCUT2D eigenvalue weighted by molar-refractivity contribution is 9.10. The Morgan fingerprint density at radius 2 is 2.00 bits per heavy atom. The Hall–Kier alpha value is -1.10. The normalized spacial score (nSPS) is 10.3. The van der Waals surface area contributed by atoms with E-state index in [0.29, 0.717) is 0 Å². The van der Waals surface area contributed by atoms with E-state index in [2.05, 4.69) is 28.2 Å². The van der Waals surface area contributed by atoms with E-state index >= 15 is 0 Å². The third-order valence-electron chi connectivity index (χ3n) is 2.76. The highest BCUT2D eigenvalue weighted by Gasteiger charge is 2.08. The average molecular weight is 315 g/mol. The van der Waals surface area contributed by atoms with Gasteiger partial charge in [0.2, 0.25) is 0 Å². The minimum absolute atomic E-state index is 0.117. The zero-order valence-corrected chi connectivity index (χ0v) is 12.2. The largest absolute Gasteiger partial charge is 0.384 e. The first-order valence-electron chi connectivity index (χ1n) is 6.33.